The molecular weight excluding hydrogens is 252 g/mol. The second-order valence-electron chi connectivity index (χ2n) is 4.24. The van der Waals surface area contributed by atoms with E-state index in [-0.39, 0.29) is 0 Å². The summed E-state index contributed by atoms with van der Waals surface area (Å²) in [4.78, 5) is 11.0. The van der Waals surface area contributed by atoms with Gasteiger partial charge in [-0.05, 0) is 23.3 Å². The lowest BCUT2D eigenvalue weighted by atomic mass is 10.1. The van der Waals surface area contributed by atoms with Crippen LogP contribution in [-0.4, -0.2) is 11.1 Å². The fourth-order valence-corrected chi connectivity index (χ4v) is 1.80. The molecule has 3 N–H and O–H groups in total. The first-order valence-corrected chi connectivity index (χ1v) is 6.28. The molecular formula is C16H16N2O2. The van der Waals surface area contributed by atoms with E-state index in [0.29, 0.717) is 6.54 Å². The maximum atomic E-state index is 11.0. The molecule has 2 aromatic rings. The molecule has 0 fully saturated rings. The zero-order valence-electron chi connectivity index (χ0n) is 10.9. The molecule has 4 heteroatoms. The molecule has 20 heavy (non-hydrogen) atoms. The van der Waals surface area contributed by atoms with Crippen LogP contribution in [0.15, 0.2) is 60.7 Å². The molecule has 0 spiro atoms. The molecule has 2 rings (SSSR count). The Morgan fingerprint density at radius 1 is 1.05 bits per heavy atom. The minimum Gasteiger partial charge on any atom is -0.380 e. The van der Waals surface area contributed by atoms with Crippen molar-refractivity contribution in [2.45, 2.75) is 6.54 Å². The average Bonchev–Trinajstić information content (AvgIpc) is 2.52. The van der Waals surface area contributed by atoms with Crippen LogP contribution in [0.5, 0.6) is 0 Å². The highest BCUT2D eigenvalue weighted by molar-refractivity contribution is 5.91. The van der Waals surface area contributed by atoms with E-state index in [9.17, 15) is 4.79 Å². The van der Waals surface area contributed by atoms with Crippen LogP contribution < -0.4 is 10.8 Å². The van der Waals surface area contributed by atoms with Gasteiger partial charge in [0.05, 0.1) is 0 Å². The van der Waals surface area contributed by atoms with E-state index in [1.54, 1.807) is 11.6 Å². The molecule has 0 heterocycles. The third kappa shape index (κ3) is 3.96. The van der Waals surface area contributed by atoms with Crippen molar-refractivity contribution in [3.8, 4) is 0 Å². The standard InChI is InChI=1S/C16H16N2O2/c19-16(18-20)11-10-14-8-4-5-9-15(14)17-12-13-6-2-1-3-7-13/h1-11,17,20H,12H2,(H,18,19)/b11-10+. The molecule has 0 aliphatic carbocycles. The van der Waals surface area contributed by atoms with E-state index in [1.807, 2.05) is 54.6 Å². The van der Waals surface area contributed by atoms with Gasteiger partial charge in [0.15, 0.2) is 0 Å². The fourth-order valence-electron chi connectivity index (χ4n) is 1.80. The Morgan fingerprint density at radius 2 is 1.75 bits per heavy atom. The maximum absolute atomic E-state index is 11.0. The Hall–Kier alpha value is -2.59. The van der Waals surface area contributed by atoms with Crippen LogP contribution in [-0.2, 0) is 11.3 Å². The highest BCUT2D eigenvalue weighted by Crippen LogP contribution is 2.17. The fraction of sp³-hybridized carbons (Fsp3) is 0.0625. The summed E-state index contributed by atoms with van der Waals surface area (Å²) in [5, 5.41) is 11.8. The van der Waals surface area contributed by atoms with Gasteiger partial charge >= 0.3 is 0 Å². The summed E-state index contributed by atoms with van der Waals surface area (Å²) in [5.41, 5.74) is 4.56. The molecule has 0 bridgehead atoms. The van der Waals surface area contributed by atoms with Gasteiger partial charge in [-0.3, -0.25) is 10.0 Å². The highest BCUT2D eigenvalue weighted by Gasteiger charge is 1.99. The van der Waals surface area contributed by atoms with E-state index in [1.165, 1.54) is 11.6 Å². The molecule has 1 amide bonds. The number of hydroxylamine groups is 1. The van der Waals surface area contributed by atoms with Crippen LogP contribution in [0.1, 0.15) is 11.1 Å². The van der Waals surface area contributed by atoms with Crippen molar-refractivity contribution in [1.82, 2.24) is 5.48 Å². The van der Waals surface area contributed by atoms with Gasteiger partial charge in [-0.1, -0.05) is 48.5 Å². The summed E-state index contributed by atoms with van der Waals surface area (Å²) in [6.07, 6.45) is 2.93. The van der Waals surface area contributed by atoms with Crippen LogP contribution in [0.4, 0.5) is 5.69 Å². The van der Waals surface area contributed by atoms with Crippen LogP contribution in [0.2, 0.25) is 0 Å². The molecule has 0 aromatic heterocycles. The van der Waals surface area contributed by atoms with E-state index in [0.717, 1.165) is 11.3 Å². The molecule has 2 aromatic carbocycles. The first-order valence-electron chi connectivity index (χ1n) is 6.28. The quantitative estimate of drug-likeness (QED) is 0.444. The predicted molar refractivity (Wildman–Crippen MR) is 79.2 cm³/mol. The van der Waals surface area contributed by atoms with Crippen molar-refractivity contribution >= 4 is 17.7 Å². The third-order valence-corrected chi connectivity index (χ3v) is 2.81. The number of carbonyl (C=O) groups excluding carboxylic acids is 1. The summed E-state index contributed by atoms with van der Waals surface area (Å²) >= 11 is 0. The Labute approximate surface area is 117 Å². The van der Waals surface area contributed by atoms with Crippen LogP contribution >= 0.6 is 0 Å². The normalized spacial score (nSPS) is 10.4. The van der Waals surface area contributed by atoms with E-state index >= 15 is 0 Å². The number of hydrogen-bond donors (Lipinski definition) is 3. The largest absolute Gasteiger partial charge is 0.380 e. The topological polar surface area (TPSA) is 61.4 Å². The molecule has 0 radical (unpaired) electrons. The molecule has 0 saturated carbocycles. The van der Waals surface area contributed by atoms with Gasteiger partial charge in [0.1, 0.15) is 0 Å². The average molecular weight is 268 g/mol. The lowest BCUT2D eigenvalue weighted by Crippen LogP contribution is -2.14. The zero-order valence-corrected chi connectivity index (χ0v) is 10.9. The lowest BCUT2D eigenvalue weighted by molar-refractivity contribution is -0.124. The Morgan fingerprint density at radius 3 is 2.50 bits per heavy atom. The SMILES string of the molecule is O=C(/C=C/c1ccccc1NCc1ccccc1)NO. The number of para-hydroxylation sites is 1. The summed E-state index contributed by atoms with van der Waals surface area (Å²) in [6.45, 7) is 0.706. The molecule has 0 saturated heterocycles. The van der Waals surface area contributed by atoms with Crippen molar-refractivity contribution in [3.05, 3.63) is 71.8 Å². The Kier molecular flexibility index (Phi) is 4.92. The van der Waals surface area contributed by atoms with Gasteiger partial charge in [0, 0.05) is 18.3 Å². The van der Waals surface area contributed by atoms with Crippen LogP contribution in [0, 0.1) is 0 Å². The number of nitrogens with one attached hydrogen (secondary N) is 2. The van der Waals surface area contributed by atoms with Gasteiger partial charge in [0.25, 0.3) is 5.91 Å². The van der Waals surface area contributed by atoms with Gasteiger partial charge in [0.2, 0.25) is 0 Å². The van der Waals surface area contributed by atoms with E-state index in [2.05, 4.69) is 5.32 Å². The second-order valence-corrected chi connectivity index (χ2v) is 4.24. The molecule has 4 nitrogen and oxygen atoms in total. The smallest absolute Gasteiger partial charge is 0.267 e. The van der Waals surface area contributed by atoms with Crippen molar-refractivity contribution in [1.29, 1.82) is 0 Å². The van der Waals surface area contributed by atoms with Gasteiger partial charge in [-0.2, -0.15) is 0 Å². The van der Waals surface area contributed by atoms with Gasteiger partial charge in [-0.15, -0.1) is 0 Å². The van der Waals surface area contributed by atoms with Gasteiger partial charge < -0.3 is 5.32 Å². The summed E-state index contributed by atoms with van der Waals surface area (Å²) in [6, 6.07) is 17.7. The second kappa shape index (κ2) is 7.11. The third-order valence-electron chi connectivity index (χ3n) is 2.81. The van der Waals surface area contributed by atoms with Crippen molar-refractivity contribution in [2.75, 3.05) is 5.32 Å². The molecule has 0 atom stereocenters. The van der Waals surface area contributed by atoms with Crippen molar-refractivity contribution in [3.63, 3.8) is 0 Å². The Balaban J connectivity index is 2.08. The molecule has 0 aliphatic rings. The van der Waals surface area contributed by atoms with E-state index < -0.39 is 5.91 Å². The summed E-state index contributed by atoms with van der Waals surface area (Å²) in [5.74, 6) is -0.553. The number of benzene rings is 2. The minimum atomic E-state index is -0.553. The van der Waals surface area contributed by atoms with E-state index in [4.69, 9.17) is 5.21 Å². The highest BCUT2D eigenvalue weighted by atomic mass is 16.5. The molecule has 102 valence electrons. The number of amides is 1. The van der Waals surface area contributed by atoms with Crippen molar-refractivity contribution in [2.24, 2.45) is 0 Å². The lowest BCUT2D eigenvalue weighted by Gasteiger charge is -2.09. The predicted octanol–water partition coefficient (Wildman–Crippen LogP) is 2.82. The summed E-state index contributed by atoms with van der Waals surface area (Å²) in [7, 11) is 0. The molecule has 0 unspecified atom stereocenters. The van der Waals surface area contributed by atoms with Gasteiger partial charge in [-0.25, -0.2) is 5.48 Å². The number of rotatable bonds is 5. The Bertz CT molecular complexity index is 594. The number of anilines is 1. The first kappa shape index (κ1) is 13.8. The number of hydrogen-bond acceptors (Lipinski definition) is 3. The maximum Gasteiger partial charge on any atom is 0.267 e. The zero-order chi connectivity index (χ0) is 14.2. The molecule has 0 aliphatic heterocycles. The van der Waals surface area contributed by atoms with Crippen LogP contribution in [0.3, 0.4) is 0 Å². The van der Waals surface area contributed by atoms with Crippen molar-refractivity contribution < 1.29 is 10.0 Å². The first-order chi connectivity index (χ1) is 9.79. The minimum absolute atomic E-state index is 0.553. The number of carbonyl (C=O) groups is 1. The summed E-state index contributed by atoms with van der Waals surface area (Å²) < 4.78 is 0. The van der Waals surface area contributed by atoms with Crippen LogP contribution in [0.25, 0.3) is 6.08 Å². The monoisotopic (exact) mass is 268 g/mol.